The van der Waals surface area contributed by atoms with Crippen molar-refractivity contribution in [2.24, 2.45) is 0 Å². The molecule has 1 heterocycles. The van der Waals surface area contributed by atoms with Crippen LogP contribution in [0.25, 0.3) is 6.08 Å². The van der Waals surface area contributed by atoms with E-state index in [0.717, 1.165) is 16.7 Å². The van der Waals surface area contributed by atoms with E-state index in [2.05, 4.69) is 5.92 Å². The summed E-state index contributed by atoms with van der Waals surface area (Å²) in [6.45, 7) is 2.25. The number of hydrogen-bond acceptors (Lipinski definition) is 5. The van der Waals surface area contributed by atoms with E-state index in [0.29, 0.717) is 34.4 Å². The summed E-state index contributed by atoms with van der Waals surface area (Å²) in [7, 11) is 0. The van der Waals surface area contributed by atoms with Gasteiger partial charge >= 0.3 is 0 Å². The predicted molar refractivity (Wildman–Crippen MR) is 117 cm³/mol. The molecule has 3 rings (SSSR count). The molecule has 0 radical (unpaired) electrons. The van der Waals surface area contributed by atoms with Crippen molar-refractivity contribution >= 4 is 57.9 Å². The van der Waals surface area contributed by atoms with Gasteiger partial charge in [0.2, 0.25) is 0 Å². The van der Waals surface area contributed by atoms with Crippen molar-refractivity contribution in [3.8, 4) is 23.8 Å². The van der Waals surface area contributed by atoms with Gasteiger partial charge in [0.05, 0.1) is 22.2 Å². The van der Waals surface area contributed by atoms with Gasteiger partial charge in [-0.15, -0.1) is 6.42 Å². The molecule has 0 N–H and O–H groups in total. The molecule has 1 aliphatic heterocycles. The predicted octanol–water partition coefficient (Wildman–Crippen LogP) is 5.65. The van der Waals surface area contributed by atoms with Crippen LogP contribution in [0.3, 0.4) is 0 Å². The minimum Gasteiger partial charge on any atom is -0.490 e. The molecule has 0 aliphatic carbocycles. The third kappa shape index (κ3) is 4.70. The molecular weight excluding hydrogens is 433 g/mol. The van der Waals surface area contributed by atoms with E-state index in [9.17, 15) is 9.59 Å². The highest BCUT2D eigenvalue weighted by Gasteiger charge is 2.36. The molecule has 2 aromatic rings. The van der Waals surface area contributed by atoms with E-state index in [1.165, 1.54) is 0 Å². The van der Waals surface area contributed by atoms with Crippen LogP contribution in [0.15, 0.2) is 41.3 Å². The Bertz CT molecular complexity index is 1030. The SMILES string of the molecule is C#CCOc1c(Cl)cc(/C=C2/SC(=O)N(c3ccc(Cl)cc3)C2=O)cc1OCC. The van der Waals surface area contributed by atoms with Crippen molar-refractivity contribution < 1.29 is 19.1 Å². The van der Waals surface area contributed by atoms with Crippen LogP contribution in [0.5, 0.6) is 11.5 Å². The van der Waals surface area contributed by atoms with Crippen LogP contribution in [-0.4, -0.2) is 24.4 Å². The number of rotatable bonds is 6. The summed E-state index contributed by atoms with van der Waals surface area (Å²) < 4.78 is 11.0. The zero-order valence-corrected chi connectivity index (χ0v) is 17.6. The number of carbonyl (C=O) groups excluding carboxylic acids is 2. The van der Waals surface area contributed by atoms with E-state index in [4.69, 9.17) is 39.1 Å². The molecule has 0 atom stereocenters. The second kappa shape index (κ2) is 9.27. The number of halogens is 2. The summed E-state index contributed by atoms with van der Waals surface area (Å²) in [5, 5.41) is 0.407. The second-order valence-electron chi connectivity index (χ2n) is 5.75. The van der Waals surface area contributed by atoms with Gasteiger partial charge in [0.15, 0.2) is 11.5 Å². The molecule has 2 amide bonds. The highest BCUT2D eigenvalue weighted by atomic mass is 35.5. The highest BCUT2D eigenvalue weighted by molar-refractivity contribution is 8.19. The minimum absolute atomic E-state index is 0.0408. The lowest BCUT2D eigenvalue weighted by Gasteiger charge is -2.13. The molecule has 0 aromatic heterocycles. The molecule has 29 heavy (non-hydrogen) atoms. The summed E-state index contributed by atoms with van der Waals surface area (Å²) in [4.78, 5) is 26.5. The number of terminal acetylenes is 1. The van der Waals surface area contributed by atoms with E-state index < -0.39 is 11.1 Å². The van der Waals surface area contributed by atoms with Crippen LogP contribution >= 0.6 is 35.0 Å². The van der Waals surface area contributed by atoms with Gasteiger partial charge in [0, 0.05) is 5.02 Å². The smallest absolute Gasteiger partial charge is 0.298 e. The zero-order chi connectivity index (χ0) is 21.0. The van der Waals surface area contributed by atoms with Gasteiger partial charge in [0.25, 0.3) is 11.1 Å². The molecule has 0 spiro atoms. The van der Waals surface area contributed by atoms with Gasteiger partial charge in [-0.25, -0.2) is 4.90 Å². The maximum absolute atomic E-state index is 12.8. The third-order valence-electron chi connectivity index (χ3n) is 3.81. The Balaban J connectivity index is 1.93. The lowest BCUT2D eigenvalue weighted by atomic mass is 10.1. The molecule has 1 saturated heterocycles. The van der Waals surface area contributed by atoms with Crippen molar-refractivity contribution in [2.45, 2.75) is 6.92 Å². The van der Waals surface area contributed by atoms with E-state index in [1.807, 2.05) is 6.92 Å². The first kappa shape index (κ1) is 21.1. The molecule has 0 bridgehead atoms. The summed E-state index contributed by atoms with van der Waals surface area (Å²) >= 11 is 13.0. The third-order valence-corrected chi connectivity index (χ3v) is 5.21. The Morgan fingerprint density at radius 3 is 2.55 bits per heavy atom. The van der Waals surface area contributed by atoms with Crippen molar-refractivity contribution in [3.05, 3.63) is 56.9 Å². The molecule has 2 aromatic carbocycles. The lowest BCUT2D eigenvalue weighted by Crippen LogP contribution is -2.27. The fraction of sp³-hybridized carbons (Fsp3) is 0.143. The number of carbonyl (C=O) groups is 2. The average Bonchev–Trinajstić information content (AvgIpc) is 2.95. The fourth-order valence-electron chi connectivity index (χ4n) is 2.62. The molecule has 0 saturated carbocycles. The summed E-state index contributed by atoms with van der Waals surface area (Å²) in [5.41, 5.74) is 1.04. The van der Waals surface area contributed by atoms with Gasteiger partial charge in [0.1, 0.15) is 6.61 Å². The van der Waals surface area contributed by atoms with Crippen LogP contribution in [0, 0.1) is 12.3 Å². The molecule has 8 heteroatoms. The van der Waals surface area contributed by atoms with Crippen LogP contribution in [0.1, 0.15) is 12.5 Å². The Hall–Kier alpha value is -2.59. The van der Waals surface area contributed by atoms with Crippen molar-refractivity contribution in [1.29, 1.82) is 0 Å². The number of hydrogen-bond donors (Lipinski definition) is 0. The fourth-order valence-corrected chi connectivity index (χ4v) is 3.86. The number of nitrogens with zero attached hydrogens (tertiary/aromatic N) is 1. The van der Waals surface area contributed by atoms with Crippen LogP contribution in [0.2, 0.25) is 10.0 Å². The van der Waals surface area contributed by atoms with E-state index in [-0.39, 0.29) is 16.5 Å². The van der Waals surface area contributed by atoms with Gasteiger partial charge in [-0.3, -0.25) is 9.59 Å². The van der Waals surface area contributed by atoms with Gasteiger partial charge in [-0.2, -0.15) is 0 Å². The average molecular weight is 448 g/mol. The number of ether oxygens (including phenoxy) is 2. The highest BCUT2D eigenvalue weighted by Crippen LogP contribution is 2.40. The monoisotopic (exact) mass is 447 g/mol. The number of anilines is 1. The lowest BCUT2D eigenvalue weighted by molar-refractivity contribution is -0.113. The minimum atomic E-state index is -0.427. The molecule has 1 aliphatic rings. The second-order valence-corrected chi connectivity index (χ2v) is 7.59. The van der Waals surface area contributed by atoms with Crippen molar-refractivity contribution in [2.75, 3.05) is 18.1 Å². The quantitative estimate of drug-likeness (QED) is 0.423. The van der Waals surface area contributed by atoms with E-state index >= 15 is 0 Å². The first-order valence-corrected chi connectivity index (χ1v) is 10.1. The van der Waals surface area contributed by atoms with Gasteiger partial charge in [-0.1, -0.05) is 29.1 Å². The Morgan fingerprint density at radius 1 is 1.17 bits per heavy atom. The van der Waals surface area contributed by atoms with Gasteiger partial charge < -0.3 is 9.47 Å². The normalized spacial score (nSPS) is 15.0. The molecule has 5 nitrogen and oxygen atoms in total. The number of imide groups is 1. The first-order chi connectivity index (χ1) is 13.9. The maximum atomic E-state index is 12.8. The van der Waals surface area contributed by atoms with E-state index in [1.54, 1.807) is 42.5 Å². The van der Waals surface area contributed by atoms with Gasteiger partial charge in [-0.05, 0) is 66.7 Å². The Kier molecular flexibility index (Phi) is 6.75. The number of thioether (sulfide) groups is 1. The van der Waals surface area contributed by atoms with Crippen molar-refractivity contribution in [3.63, 3.8) is 0 Å². The summed E-state index contributed by atoms with van der Waals surface area (Å²) in [6.07, 6.45) is 6.82. The number of benzene rings is 2. The maximum Gasteiger partial charge on any atom is 0.298 e. The largest absolute Gasteiger partial charge is 0.490 e. The van der Waals surface area contributed by atoms with Crippen LogP contribution in [0.4, 0.5) is 10.5 Å². The topological polar surface area (TPSA) is 55.8 Å². The first-order valence-electron chi connectivity index (χ1n) is 8.50. The molecular formula is C21H15Cl2NO4S. The summed E-state index contributed by atoms with van der Waals surface area (Å²) in [5.74, 6) is 2.68. The summed E-state index contributed by atoms with van der Waals surface area (Å²) in [6, 6.07) is 9.76. The Morgan fingerprint density at radius 2 is 1.90 bits per heavy atom. The molecule has 0 unspecified atom stereocenters. The molecule has 148 valence electrons. The van der Waals surface area contributed by atoms with Crippen LogP contribution in [-0.2, 0) is 4.79 Å². The van der Waals surface area contributed by atoms with Crippen molar-refractivity contribution in [1.82, 2.24) is 0 Å². The number of amides is 2. The Labute approximate surface area is 182 Å². The zero-order valence-electron chi connectivity index (χ0n) is 15.3. The standard InChI is InChI=1S/C21H15Cl2NO4S/c1-3-9-28-19-16(23)10-13(11-17(19)27-4-2)12-18-20(25)24(21(26)29-18)15-7-5-14(22)6-8-15/h1,5-8,10-12H,4,9H2,2H3/b18-12+. The molecule has 1 fully saturated rings. The van der Waals surface area contributed by atoms with Crippen LogP contribution < -0.4 is 14.4 Å².